The third-order valence-electron chi connectivity index (χ3n) is 3.59. The normalized spacial score (nSPS) is 10.3. The third-order valence-corrected chi connectivity index (χ3v) is 4.09. The van der Waals surface area contributed by atoms with Crippen LogP contribution >= 0.6 is 15.9 Å². The quantitative estimate of drug-likeness (QED) is 0.876. The van der Waals surface area contributed by atoms with Gasteiger partial charge in [-0.05, 0) is 55.3 Å². The number of halogens is 1. The average molecular weight is 375 g/mol. The van der Waals surface area contributed by atoms with Gasteiger partial charge in [-0.3, -0.25) is 9.59 Å². The summed E-state index contributed by atoms with van der Waals surface area (Å²) in [7, 11) is 0. The van der Waals surface area contributed by atoms with Gasteiger partial charge >= 0.3 is 0 Å². The molecule has 4 nitrogen and oxygen atoms in total. The number of nitrogens with zero attached hydrogens (tertiary/aromatic N) is 1. The van der Waals surface area contributed by atoms with E-state index >= 15 is 0 Å². The van der Waals surface area contributed by atoms with Crippen molar-refractivity contribution in [3.8, 4) is 0 Å². The molecule has 0 unspecified atom stereocenters. The Hall–Kier alpha value is -2.14. The number of anilines is 2. The molecule has 23 heavy (non-hydrogen) atoms. The molecule has 0 radical (unpaired) electrons. The molecule has 0 spiro atoms. The zero-order valence-corrected chi connectivity index (χ0v) is 15.0. The molecule has 0 atom stereocenters. The predicted molar refractivity (Wildman–Crippen MR) is 96.7 cm³/mol. The standard InChI is InChI=1S/C18H19BrN2O2/c1-12-7-8-17(9-13(12)2)21(14(3)22)11-18(23)20-16-6-4-5-15(19)10-16/h4-10H,11H2,1-3H3,(H,20,23). The molecule has 0 aliphatic heterocycles. The Balaban J connectivity index is 2.14. The van der Waals surface area contributed by atoms with Crippen molar-refractivity contribution >= 4 is 39.1 Å². The first-order chi connectivity index (χ1) is 10.9. The topological polar surface area (TPSA) is 49.4 Å². The summed E-state index contributed by atoms with van der Waals surface area (Å²) in [6.45, 7) is 5.43. The maximum atomic E-state index is 12.2. The van der Waals surface area contributed by atoms with E-state index < -0.39 is 0 Å². The molecule has 0 saturated heterocycles. The first kappa shape index (κ1) is 17.2. The Morgan fingerprint density at radius 2 is 1.83 bits per heavy atom. The molecule has 2 amide bonds. The van der Waals surface area contributed by atoms with Crippen molar-refractivity contribution in [2.75, 3.05) is 16.8 Å². The minimum Gasteiger partial charge on any atom is -0.324 e. The van der Waals surface area contributed by atoms with Gasteiger partial charge in [0, 0.05) is 22.8 Å². The number of carbonyl (C=O) groups is 2. The highest BCUT2D eigenvalue weighted by atomic mass is 79.9. The molecule has 0 fully saturated rings. The molecular weight excluding hydrogens is 356 g/mol. The molecule has 2 rings (SSSR count). The fraction of sp³-hybridized carbons (Fsp3) is 0.222. The van der Waals surface area contributed by atoms with Gasteiger partial charge in [-0.2, -0.15) is 0 Å². The SMILES string of the molecule is CC(=O)N(CC(=O)Nc1cccc(Br)c1)c1ccc(C)c(C)c1. The van der Waals surface area contributed by atoms with Gasteiger partial charge < -0.3 is 10.2 Å². The second-order valence-corrected chi connectivity index (χ2v) is 6.35. The second-order valence-electron chi connectivity index (χ2n) is 5.43. The summed E-state index contributed by atoms with van der Waals surface area (Å²) in [4.78, 5) is 25.6. The van der Waals surface area contributed by atoms with Gasteiger partial charge in [-0.25, -0.2) is 0 Å². The van der Waals surface area contributed by atoms with Crippen LogP contribution in [0.15, 0.2) is 46.9 Å². The predicted octanol–water partition coefficient (Wildman–Crippen LogP) is 4.06. The zero-order chi connectivity index (χ0) is 17.0. The fourth-order valence-corrected chi connectivity index (χ4v) is 2.59. The molecule has 2 aromatic rings. The van der Waals surface area contributed by atoms with Gasteiger partial charge in [0.15, 0.2) is 0 Å². The lowest BCUT2D eigenvalue weighted by atomic mass is 10.1. The first-order valence-corrected chi connectivity index (χ1v) is 8.07. The minimum atomic E-state index is -0.239. The molecule has 120 valence electrons. The van der Waals surface area contributed by atoms with Crippen LogP contribution in [-0.2, 0) is 9.59 Å². The summed E-state index contributed by atoms with van der Waals surface area (Å²) < 4.78 is 0.882. The van der Waals surface area contributed by atoms with Crippen molar-refractivity contribution in [1.29, 1.82) is 0 Å². The van der Waals surface area contributed by atoms with Gasteiger partial charge in [0.05, 0.1) is 0 Å². The van der Waals surface area contributed by atoms with Gasteiger partial charge in [0.2, 0.25) is 11.8 Å². The smallest absolute Gasteiger partial charge is 0.244 e. The number of amides is 2. The highest BCUT2D eigenvalue weighted by Gasteiger charge is 2.16. The number of aryl methyl sites for hydroxylation is 2. The first-order valence-electron chi connectivity index (χ1n) is 7.27. The van der Waals surface area contributed by atoms with Gasteiger partial charge in [-0.15, -0.1) is 0 Å². The monoisotopic (exact) mass is 374 g/mol. The van der Waals surface area contributed by atoms with Crippen molar-refractivity contribution < 1.29 is 9.59 Å². The van der Waals surface area contributed by atoms with E-state index in [1.54, 1.807) is 6.07 Å². The number of rotatable bonds is 4. The molecular formula is C18H19BrN2O2. The summed E-state index contributed by atoms with van der Waals surface area (Å²) in [5, 5.41) is 2.80. The summed E-state index contributed by atoms with van der Waals surface area (Å²) >= 11 is 3.36. The van der Waals surface area contributed by atoms with Crippen molar-refractivity contribution in [3.63, 3.8) is 0 Å². The number of nitrogens with one attached hydrogen (secondary N) is 1. The Morgan fingerprint density at radius 1 is 1.09 bits per heavy atom. The molecule has 1 N–H and O–H groups in total. The van der Waals surface area contributed by atoms with Gasteiger partial charge in [0.25, 0.3) is 0 Å². The van der Waals surface area contributed by atoms with Crippen molar-refractivity contribution in [2.45, 2.75) is 20.8 Å². The maximum Gasteiger partial charge on any atom is 0.244 e. The van der Waals surface area contributed by atoms with Crippen LogP contribution in [0.4, 0.5) is 11.4 Å². The lowest BCUT2D eigenvalue weighted by Gasteiger charge is -2.21. The van der Waals surface area contributed by atoms with E-state index in [9.17, 15) is 9.59 Å². The number of benzene rings is 2. The van der Waals surface area contributed by atoms with E-state index in [0.717, 1.165) is 21.3 Å². The van der Waals surface area contributed by atoms with E-state index in [1.807, 2.05) is 50.2 Å². The van der Waals surface area contributed by atoms with Gasteiger partial charge in [-0.1, -0.05) is 28.1 Å². The van der Waals surface area contributed by atoms with E-state index in [1.165, 1.54) is 11.8 Å². The molecule has 2 aromatic carbocycles. The molecule has 0 bridgehead atoms. The lowest BCUT2D eigenvalue weighted by Crippen LogP contribution is -2.36. The Kier molecular flexibility index (Phi) is 5.55. The van der Waals surface area contributed by atoms with Crippen molar-refractivity contribution in [3.05, 3.63) is 58.1 Å². The molecule has 0 aliphatic carbocycles. The second kappa shape index (κ2) is 7.42. The van der Waals surface area contributed by atoms with E-state index in [4.69, 9.17) is 0 Å². The number of carbonyl (C=O) groups excluding carboxylic acids is 2. The summed E-state index contributed by atoms with van der Waals surface area (Å²) in [6.07, 6.45) is 0. The van der Waals surface area contributed by atoms with Crippen LogP contribution in [0.25, 0.3) is 0 Å². The van der Waals surface area contributed by atoms with Crippen LogP contribution in [0.3, 0.4) is 0 Å². The van der Waals surface area contributed by atoms with E-state index in [-0.39, 0.29) is 18.4 Å². The summed E-state index contributed by atoms with van der Waals surface area (Å²) in [5.41, 5.74) is 3.65. The molecule has 5 heteroatoms. The highest BCUT2D eigenvalue weighted by Crippen LogP contribution is 2.20. The largest absolute Gasteiger partial charge is 0.324 e. The number of hydrogen-bond donors (Lipinski definition) is 1. The summed E-state index contributed by atoms with van der Waals surface area (Å²) in [6, 6.07) is 13.1. The van der Waals surface area contributed by atoms with Crippen molar-refractivity contribution in [2.24, 2.45) is 0 Å². The van der Waals surface area contributed by atoms with Crippen LogP contribution in [-0.4, -0.2) is 18.4 Å². The van der Waals surface area contributed by atoms with Crippen LogP contribution in [0, 0.1) is 13.8 Å². The molecule has 0 aliphatic rings. The minimum absolute atomic E-state index is 0.0235. The van der Waals surface area contributed by atoms with Crippen LogP contribution in [0.5, 0.6) is 0 Å². The zero-order valence-electron chi connectivity index (χ0n) is 13.4. The highest BCUT2D eigenvalue weighted by molar-refractivity contribution is 9.10. The molecule has 0 saturated carbocycles. The van der Waals surface area contributed by atoms with Crippen molar-refractivity contribution in [1.82, 2.24) is 0 Å². The number of hydrogen-bond acceptors (Lipinski definition) is 2. The van der Waals surface area contributed by atoms with Crippen LogP contribution in [0.1, 0.15) is 18.1 Å². The van der Waals surface area contributed by atoms with Crippen LogP contribution in [0.2, 0.25) is 0 Å². The Morgan fingerprint density at radius 3 is 2.43 bits per heavy atom. The molecule has 0 aromatic heterocycles. The van der Waals surface area contributed by atoms with E-state index in [0.29, 0.717) is 5.69 Å². The average Bonchev–Trinajstić information content (AvgIpc) is 2.47. The lowest BCUT2D eigenvalue weighted by molar-refractivity contribution is -0.120. The van der Waals surface area contributed by atoms with Gasteiger partial charge in [0.1, 0.15) is 6.54 Å². The Bertz CT molecular complexity index is 744. The van der Waals surface area contributed by atoms with Crippen LogP contribution < -0.4 is 10.2 Å². The third kappa shape index (κ3) is 4.66. The molecule has 0 heterocycles. The summed E-state index contributed by atoms with van der Waals surface area (Å²) in [5.74, 6) is -0.408. The van der Waals surface area contributed by atoms with E-state index in [2.05, 4.69) is 21.2 Å². The fourth-order valence-electron chi connectivity index (χ4n) is 2.19. The Labute approximate surface area is 144 Å². The maximum absolute atomic E-state index is 12.2.